The molecule has 0 aliphatic rings. The molecule has 0 spiro atoms. The average Bonchev–Trinajstić information content (AvgIpc) is 2.68. The summed E-state index contributed by atoms with van der Waals surface area (Å²) in [4.78, 5) is 28.5. The van der Waals surface area contributed by atoms with Crippen molar-refractivity contribution in [3.8, 4) is 11.5 Å². The number of hydrogen-bond acceptors (Lipinski definition) is 6. The fraction of sp³-hybridized carbons (Fsp3) is 0.350. The highest BCUT2D eigenvalue weighted by atomic mass is 16.5. The van der Waals surface area contributed by atoms with Gasteiger partial charge in [0.15, 0.2) is 11.5 Å². The van der Waals surface area contributed by atoms with E-state index in [0.717, 1.165) is 11.3 Å². The molecule has 7 nitrogen and oxygen atoms in total. The number of nitrogens with one attached hydrogen (secondary N) is 1. The van der Waals surface area contributed by atoms with Crippen LogP contribution in [0, 0.1) is 6.92 Å². The molecule has 0 radical (unpaired) electrons. The monoisotopic (exact) mass is 372 g/mol. The second-order valence-electron chi connectivity index (χ2n) is 6.00. The van der Waals surface area contributed by atoms with E-state index in [1.165, 1.54) is 14.2 Å². The predicted octanol–water partition coefficient (Wildman–Crippen LogP) is 2.37. The number of aryl methyl sites for hydroxylation is 1. The summed E-state index contributed by atoms with van der Waals surface area (Å²) >= 11 is 0. The van der Waals surface area contributed by atoms with E-state index in [1.54, 1.807) is 31.5 Å². The third-order valence-electron chi connectivity index (χ3n) is 4.08. The Bertz CT molecular complexity index is 789. The van der Waals surface area contributed by atoms with Crippen molar-refractivity contribution < 1.29 is 23.8 Å². The van der Waals surface area contributed by atoms with Crippen LogP contribution in [0.4, 0.5) is 0 Å². The molecule has 144 valence electrons. The van der Waals surface area contributed by atoms with Gasteiger partial charge in [-0.1, -0.05) is 12.1 Å². The van der Waals surface area contributed by atoms with E-state index >= 15 is 0 Å². The highest BCUT2D eigenvalue weighted by Crippen LogP contribution is 2.31. The molecule has 27 heavy (non-hydrogen) atoms. The molecule has 1 heterocycles. The topological polar surface area (TPSA) is 86.8 Å². The molecular formula is C20H24N2O5. The van der Waals surface area contributed by atoms with Crippen LogP contribution in [0.25, 0.3) is 0 Å². The third kappa shape index (κ3) is 5.70. The number of ether oxygens (including phenoxy) is 3. The molecule has 1 unspecified atom stereocenters. The number of nitrogens with zero attached hydrogens (tertiary/aromatic N) is 1. The van der Waals surface area contributed by atoms with E-state index in [1.807, 2.05) is 19.1 Å². The van der Waals surface area contributed by atoms with E-state index in [4.69, 9.17) is 14.2 Å². The SMILES string of the molecule is COC(=O)CC(NC(=O)Cc1ccc(C)nc1)c1ccc(OC)c(OC)c1. The summed E-state index contributed by atoms with van der Waals surface area (Å²) in [6.45, 7) is 1.88. The van der Waals surface area contributed by atoms with Gasteiger partial charge in [0, 0.05) is 11.9 Å². The minimum absolute atomic E-state index is 0.00384. The van der Waals surface area contributed by atoms with Gasteiger partial charge in [0.2, 0.25) is 5.91 Å². The smallest absolute Gasteiger partial charge is 0.307 e. The van der Waals surface area contributed by atoms with Crippen LogP contribution in [-0.2, 0) is 20.7 Å². The molecule has 2 rings (SSSR count). The summed E-state index contributed by atoms with van der Waals surface area (Å²) in [5.74, 6) is 0.438. The number of pyridine rings is 1. The number of hydrogen-bond donors (Lipinski definition) is 1. The number of amides is 1. The van der Waals surface area contributed by atoms with Crippen LogP contribution < -0.4 is 14.8 Å². The van der Waals surface area contributed by atoms with Gasteiger partial charge < -0.3 is 19.5 Å². The minimum atomic E-state index is -0.553. The normalized spacial score (nSPS) is 11.4. The van der Waals surface area contributed by atoms with Gasteiger partial charge in [-0.25, -0.2) is 0 Å². The van der Waals surface area contributed by atoms with Gasteiger partial charge in [0.05, 0.1) is 40.2 Å². The lowest BCUT2D eigenvalue weighted by Gasteiger charge is -2.20. The highest BCUT2D eigenvalue weighted by Gasteiger charge is 2.21. The van der Waals surface area contributed by atoms with Crippen LogP contribution in [0.5, 0.6) is 11.5 Å². The van der Waals surface area contributed by atoms with Gasteiger partial charge in [-0.05, 0) is 36.2 Å². The maximum Gasteiger partial charge on any atom is 0.307 e. The zero-order valence-electron chi connectivity index (χ0n) is 15.9. The number of rotatable bonds is 8. The maximum atomic E-state index is 12.5. The average molecular weight is 372 g/mol. The molecule has 0 aliphatic carbocycles. The van der Waals surface area contributed by atoms with Crippen molar-refractivity contribution in [1.29, 1.82) is 0 Å². The molecule has 1 amide bonds. The van der Waals surface area contributed by atoms with Gasteiger partial charge in [0.1, 0.15) is 0 Å². The Hall–Kier alpha value is -3.09. The summed E-state index contributed by atoms with van der Waals surface area (Å²) in [5.41, 5.74) is 2.39. The Morgan fingerprint density at radius 2 is 1.81 bits per heavy atom. The Morgan fingerprint density at radius 1 is 1.07 bits per heavy atom. The lowest BCUT2D eigenvalue weighted by molar-refractivity contribution is -0.141. The Balaban J connectivity index is 2.19. The van der Waals surface area contributed by atoms with E-state index in [9.17, 15) is 9.59 Å². The third-order valence-corrected chi connectivity index (χ3v) is 4.08. The first-order valence-corrected chi connectivity index (χ1v) is 8.46. The quantitative estimate of drug-likeness (QED) is 0.716. The van der Waals surface area contributed by atoms with Crippen molar-refractivity contribution >= 4 is 11.9 Å². The maximum absolute atomic E-state index is 12.5. The Labute approximate surface area is 158 Å². The van der Waals surface area contributed by atoms with E-state index in [2.05, 4.69) is 10.3 Å². The molecule has 1 aromatic carbocycles. The first kappa shape index (κ1) is 20.2. The van der Waals surface area contributed by atoms with Crippen LogP contribution in [0.1, 0.15) is 29.3 Å². The lowest BCUT2D eigenvalue weighted by Crippen LogP contribution is -2.31. The molecule has 0 saturated carbocycles. The lowest BCUT2D eigenvalue weighted by atomic mass is 10.0. The predicted molar refractivity (Wildman–Crippen MR) is 99.7 cm³/mol. The summed E-state index contributed by atoms with van der Waals surface area (Å²) in [6.07, 6.45) is 1.84. The highest BCUT2D eigenvalue weighted by molar-refractivity contribution is 5.80. The van der Waals surface area contributed by atoms with Gasteiger partial charge in [-0.2, -0.15) is 0 Å². The summed E-state index contributed by atoms with van der Waals surface area (Å²) in [5, 5.41) is 2.89. The van der Waals surface area contributed by atoms with Crippen molar-refractivity contribution in [3.63, 3.8) is 0 Å². The van der Waals surface area contributed by atoms with Gasteiger partial charge in [0.25, 0.3) is 0 Å². The molecule has 1 N–H and O–H groups in total. The zero-order valence-corrected chi connectivity index (χ0v) is 15.9. The summed E-state index contributed by atoms with van der Waals surface area (Å²) in [7, 11) is 4.38. The van der Waals surface area contributed by atoms with E-state index in [0.29, 0.717) is 17.1 Å². The first-order valence-electron chi connectivity index (χ1n) is 8.46. The van der Waals surface area contributed by atoms with Crippen LogP contribution in [0.3, 0.4) is 0 Å². The van der Waals surface area contributed by atoms with Crippen LogP contribution in [0.2, 0.25) is 0 Å². The number of methoxy groups -OCH3 is 3. The summed E-state index contributed by atoms with van der Waals surface area (Å²) < 4.78 is 15.3. The van der Waals surface area contributed by atoms with Gasteiger partial charge >= 0.3 is 5.97 Å². The molecule has 1 aromatic heterocycles. The molecule has 0 fully saturated rings. The molecule has 0 bridgehead atoms. The second kappa shape index (κ2) is 9.56. The molecule has 0 saturated heterocycles. The molecule has 7 heteroatoms. The van der Waals surface area contributed by atoms with E-state index < -0.39 is 12.0 Å². The second-order valence-corrected chi connectivity index (χ2v) is 6.00. The molecular weight excluding hydrogens is 348 g/mol. The number of carbonyl (C=O) groups excluding carboxylic acids is 2. The number of esters is 1. The Kier molecular flexibility index (Phi) is 7.16. The van der Waals surface area contributed by atoms with Crippen molar-refractivity contribution in [2.24, 2.45) is 0 Å². The summed E-state index contributed by atoms with van der Waals surface area (Å²) in [6, 6.07) is 8.40. The Morgan fingerprint density at radius 3 is 2.41 bits per heavy atom. The fourth-order valence-corrected chi connectivity index (χ4v) is 2.61. The van der Waals surface area contributed by atoms with E-state index in [-0.39, 0.29) is 18.7 Å². The van der Waals surface area contributed by atoms with Gasteiger partial charge in [-0.15, -0.1) is 0 Å². The van der Waals surface area contributed by atoms with Crippen LogP contribution >= 0.6 is 0 Å². The minimum Gasteiger partial charge on any atom is -0.493 e. The van der Waals surface area contributed by atoms with Crippen molar-refractivity contribution in [3.05, 3.63) is 53.3 Å². The standard InChI is InChI=1S/C20H24N2O5/c1-13-5-6-14(12-21-13)9-19(23)22-16(11-20(24)27-4)15-7-8-17(25-2)18(10-15)26-3/h5-8,10,12,16H,9,11H2,1-4H3,(H,22,23). The molecule has 1 atom stereocenters. The van der Waals surface area contributed by atoms with Crippen LogP contribution in [0.15, 0.2) is 36.5 Å². The van der Waals surface area contributed by atoms with Crippen molar-refractivity contribution in [2.75, 3.05) is 21.3 Å². The number of aromatic nitrogens is 1. The number of benzene rings is 1. The molecule has 0 aliphatic heterocycles. The van der Waals surface area contributed by atoms with Crippen LogP contribution in [-0.4, -0.2) is 38.2 Å². The zero-order chi connectivity index (χ0) is 19.8. The molecule has 2 aromatic rings. The first-order chi connectivity index (χ1) is 13.0. The van der Waals surface area contributed by atoms with Gasteiger partial charge in [-0.3, -0.25) is 14.6 Å². The van der Waals surface area contributed by atoms with Crippen molar-refractivity contribution in [1.82, 2.24) is 10.3 Å². The number of carbonyl (C=O) groups is 2. The largest absolute Gasteiger partial charge is 0.493 e. The fourth-order valence-electron chi connectivity index (χ4n) is 2.61. The van der Waals surface area contributed by atoms with Crippen molar-refractivity contribution in [2.45, 2.75) is 25.8 Å².